The van der Waals surface area contributed by atoms with Crippen molar-refractivity contribution >= 4 is 6.21 Å². The molecule has 2 aliphatic rings. The summed E-state index contributed by atoms with van der Waals surface area (Å²) in [5, 5.41) is 3.99. The highest BCUT2D eigenvalue weighted by molar-refractivity contribution is 5.68. The largest absolute Gasteiger partial charge is 0.302 e. The average molecular weight is 134 g/mol. The first-order valence-electron chi connectivity index (χ1n) is 3.51. The zero-order valence-corrected chi connectivity index (χ0v) is 5.91. The minimum atomic E-state index is 0.421. The van der Waals surface area contributed by atoms with Crippen molar-refractivity contribution in [3.8, 4) is 0 Å². The third-order valence-electron chi connectivity index (χ3n) is 1.91. The van der Waals surface area contributed by atoms with E-state index in [1.54, 1.807) is 0 Å². The lowest BCUT2D eigenvalue weighted by molar-refractivity contribution is 0.618. The summed E-state index contributed by atoms with van der Waals surface area (Å²) in [7, 11) is 0. The lowest BCUT2D eigenvalue weighted by atomic mass is 9.95. The van der Waals surface area contributed by atoms with Gasteiger partial charge in [0, 0.05) is 12.1 Å². The summed E-state index contributed by atoms with van der Waals surface area (Å²) in [6, 6.07) is 0.421. The zero-order valence-electron chi connectivity index (χ0n) is 5.91. The topological polar surface area (TPSA) is 24.4 Å². The summed E-state index contributed by atoms with van der Waals surface area (Å²) in [6.07, 6.45) is 8.48. The van der Waals surface area contributed by atoms with E-state index in [1.807, 2.05) is 6.21 Å². The van der Waals surface area contributed by atoms with E-state index in [-0.39, 0.29) is 0 Å². The van der Waals surface area contributed by atoms with Gasteiger partial charge in [0.15, 0.2) is 0 Å². The van der Waals surface area contributed by atoms with Crippen LogP contribution in [0.4, 0.5) is 0 Å². The van der Waals surface area contributed by atoms with Gasteiger partial charge in [-0.3, -0.25) is 0 Å². The van der Waals surface area contributed by atoms with Gasteiger partial charge in [0.2, 0.25) is 0 Å². The lowest BCUT2D eigenvalue weighted by Crippen LogP contribution is -2.25. The third-order valence-corrected chi connectivity index (χ3v) is 1.91. The molecule has 1 N–H and O–H groups in total. The fourth-order valence-corrected chi connectivity index (χ4v) is 1.31. The van der Waals surface area contributed by atoms with Crippen molar-refractivity contribution in [3.05, 3.63) is 23.8 Å². The van der Waals surface area contributed by atoms with Gasteiger partial charge >= 0.3 is 0 Å². The van der Waals surface area contributed by atoms with Crippen molar-refractivity contribution in [2.75, 3.05) is 0 Å². The van der Waals surface area contributed by atoms with E-state index in [2.05, 4.69) is 35.7 Å². The van der Waals surface area contributed by atoms with Gasteiger partial charge in [-0.15, -0.1) is 0 Å². The number of hydrogen-bond acceptors (Lipinski definition) is 2. The average Bonchev–Trinajstić information content (AvgIpc) is 2.33. The van der Waals surface area contributed by atoms with Gasteiger partial charge in [-0.2, -0.15) is 5.10 Å². The van der Waals surface area contributed by atoms with E-state index < -0.39 is 0 Å². The Hall–Kier alpha value is -1.05. The van der Waals surface area contributed by atoms with E-state index in [0.717, 1.165) is 0 Å². The van der Waals surface area contributed by atoms with E-state index >= 15 is 0 Å². The maximum absolute atomic E-state index is 3.99. The predicted octanol–water partition coefficient (Wildman–Crippen LogP) is 1.08. The molecule has 0 aromatic heterocycles. The third kappa shape index (κ3) is 0.764. The molecule has 2 unspecified atom stereocenters. The molecule has 0 saturated carbocycles. The van der Waals surface area contributed by atoms with Crippen molar-refractivity contribution in [3.63, 3.8) is 0 Å². The van der Waals surface area contributed by atoms with E-state index in [9.17, 15) is 0 Å². The molecule has 2 nitrogen and oxygen atoms in total. The summed E-state index contributed by atoms with van der Waals surface area (Å²) < 4.78 is 0. The second-order valence-electron chi connectivity index (χ2n) is 2.78. The Morgan fingerprint density at radius 3 is 3.40 bits per heavy atom. The highest BCUT2D eigenvalue weighted by Crippen LogP contribution is 2.17. The van der Waals surface area contributed by atoms with Gasteiger partial charge in [0.1, 0.15) is 0 Å². The Balaban J connectivity index is 2.25. The first kappa shape index (κ1) is 5.71. The summed E-state index contributed by atoms with van der Waals surface area (Å²) >= 11 is 0. The predicted molar refractivity (Wildman–Crippen MR) is 41.8 cm³/mol. The van der Waals surface area contributed by atoms with Crippen molar-refractivity contribution in [1.82, 2.24) is 5.43 Å². The molecule has 0 radical (unpaired) electrons. The number of hydrazone groups is 1. The van der Waals surface area contributed by atoms with Crippen LogP contribution in [0.3, 0.4) is 0 Å². The first-order chi connectivity index (χ1) is 4.86. The van der Waals surface area contributed by atoms with Crippen molar-refractivity contribution in [2.45, 2.75) is 13.0 Å². The second-order valence-corrected chi connectivity index (χ2v) is 2.78. The smallest absolute Gasteiger partial charge is 0.0738 e. The van der Waals surface area contributed by atoms with Crippen LogP contribution in [0.25, 0.3) is 0 Å². The molecule has 0 amide bonds. The summed E-state index contributed by atoms with van der Waals surface area (Å²) in [5.41, 5.74) is 4.35. The Labute approximate surface area is 60.3 Å². The Morgan fingerprint density at radius 2 is 2.50 bits per heavy atom. The molecule has 0 saturated heterocycles. The molecule has 1 aliphatic carbocycles. The van der Waals surface area contributed by atoms with Gasteiger partial charge < -0.3 is 5.43 Å². The van der Waals surface area contributed by atoms with E-state index in [0.29, 0.717) is 12.0 Å². The van der Waals surface area contributed by atoms with Crippen LogP contribution in [0, 0.1) is 5.92 Å². The molecular weight excluding hydrogens is 124 g/mol. The number of allylic oxidation sites excluding steroid dienone is 2. The fourth-order valence-electron chi connectivity index (χ4n) is 1.31. The van der Waals surface area contributed by atoms with Crippen LogP contribution in [0.15, 0.2) is 28.9 Å². The van der Waals surface area contributed by atoms with Crippen LogP contribution in [-0.4, -0.2) is 12.3 Å². The molecule has 2 atom stereocenters. The molecule has 0 aromatic rings. The lowest BCUT2D eigenvalue weighted by Gasteiger charge is -2.15. The minimum Gasteiger partial charge on any atom is -0.302 e. The normalized spacial score (nSPS) is 35.1. The molecule has 2 heteroatoms. The summed E-state index contributed by atoms with van der Waals surface area (Å²) in [4.78, 5) is 0. The molecule has 1 heterocycles. The Bertz CT molecular complexity index is 225. The van der Waals surface area contributed by atoms with Crippen LogP contribution in [-0.2, 0) is 0 Å². The number of hydrogen-bond donors (Lipinski definition) is 1. The van der Waals surface area contributed by atoms with Crippen LogP contribution in [0.5, 0.6) is 0 Å². The van der Waals surface area contributed by atoms with Gasteiger partial charge in [-0.1, -0.05) is 23.8 Å². The highest BCUT2D eigenvalue weighted by Gasteiger charge is 2.21. The summed E-state index contributed by atoms with van der Waals surface area (Å²) in [5.74, 6) is 0.490. The Morgan fingerprint density at radius 1 is 1.60 bits per heavy atom. The van der Waals surface area contributed by atoms with Crippen LogP contribution in [0.2, 0.25) is 0 Å². The van der Waals surface area contributed by atoms with Gasteiger partial charge in [0.25, 0.3) is 0 Å². The molecule has 0 bridgehead atoms. The molecule has 1 aliphatic heterocycles. The van der Waals surface area contributed by atoms with Crippen molar-refractivity contribution in [1.29, 1.82) is 0 Å². The van der Waals surface area contributed by atoms with Crippen LogP contribution in [0.1, 0.15) is 6.92 Å². The molecule has 52 valence electrons. The number of fused-ring (bicyclic) bond motifs is 1. The fraction of sp³-hybridized carbons (Fsp3) is 0.375. The number of nitrogens with one attached hydrogen (secondary N) is 1. The molecule has 2 rings (SSSR count). The van der Waals surface area contributed by atoms with Crippen molar-refractivity contribution in [2.24, 2.45) is 11.0 Å². The Kier molecular flexibility index (Phi) is 1.13. The van der Waals surface area contributed by atoms with Crippen LogP contribution < -0.4 is 5.43 Å². The maximum Gasteiger partial charge on any atom is 0.0738 e. The number of rotatable bonds is 0. The van der Waals surface area contributed by atoms with Gasteiger partial charge in [-0.25, -0.2) is 0 Å². The molecule has 0 fully saturated rings. The molecule has 0 aromatic carbocycles. The monoisotopic (exact) mass is 134 g/mol. The minimum absolute atomic E-state index is 0.421. The molecular formula is C8H10N2. The SMILES string of the molecule is CC1=CC2NN=CC2C=C1. The quantitative estimate of drug-likeness (QED) is 0.526. The standard InChI is InChI=1S/C8H10N2/c1-6-2-3-7-5-9-10-8(7)4-6/h2-5,7-8,10H,1H3. The zero-order chi connectivity index (χ0) is 6.97. The van der Waals surface area contributed by atoms with Gasteiger partial charge in [-0.05, 0) is 6.92 Å². The van der Waals surface area contributed by atoms with Crippen molar-refractivity contribution < 1.29 is 0 Å². The maximum atomic E-state index is 3.99. The van der Waals surface area contributed by atoms with E-state index in [1.165, 1.54) is 5.57 Å². The summed E-state index contributed by atoms with van der Waals surface area (Å²) in [6.45, 7) is 2.10. The highest BCUT2D eigenvalue weighted by atomic mass is 15.3. The first-order valence-corrected chi connectivity index (χ1v) is 3.51. The van der Waals surface area contributed by atoms with E-state index in [4.69, 9.17) is 0 Å². The second kappa shape index (κ2) is 1.97. The van der Waals surface area contributed by atoms with Crippen LogP contribution >= 0.6 is 0 Å². The molecule has 10 heavy (non-hydrogen) atoms. The number of nitrogens with zero attached hydrogens (tertiary/aromatic N) is 1. The van der Waals surface area contributed by atoms with Gasteiger partial charge in [0.05, 0.1) is 6.04 Å². The molecule has 0 spiro atoms.